The van der Waals surface area contributed by atoms with Crippen LogP contribution in [-0.2, 0) is 6.42 Å². The number of aromatic nitrogens is 1. The average molecular weight is 375 g/mol. The highest BCUT2D eigenvalue weighted by molar-refractivity contribution is 7.13. The second kappa shape index (κ2) is 8.75. The van der Waals surface area contributed by atoms with Crippen molar-refractivity contribution in [2.75, 3.05) is 51.8 Å². The minimum atomic E-state index is 0.615. The molecule has 2 heterocycles. The number of nitrogens with two attached hydrogens (primary N) is 1. The molecule has 0 bridgehead atoms. The topological polar surface area (TPSA) is 76.2 Å². The molecule has 1 saturated heterocycles. The van der Waals surface area contributed by atoms with Gasteiger partial charge in [-0.15, -0.1) is 11.3 Å². The van der Waals surface area contributed by atoms with E-state index in [1.165, 1.54) is 0 Å². The van der Waals surface area contributed by atoms with Crippen LogP contribution < -0.4 is 20.1 Å². The van der Waals surface area contributed by atoms with E-state index in [0.29, 0.717) is 12.5 Å². The zero-order valence-corrected chi connectivity index (χ0v) is 16.0. The van der Waals surface area contributed by atoms with Crippen molar-refractivity contribution in [1.82, 2.24) is 9.88 Å². The van der Waals surface area contributed by atoms with E-state index >= 15 is 0 Å². The molecule has 0 aliphatic carbocycles. The number of ether oxygens (including phenoxy) is 2. The van der Waals surface area contributed by atoms with Crippen LogP contribution in [0.2, 0.25) is 0 Å². The standard InChI is InChI=1S/C18H25N5O2S/c1-24-15-4-3-14(13-16(15)25-2)5-6-20-17(19)22-8-10-23(11-9-22)18-21-7-12-26-18/h3-4,7,12-13H,5-6,8-11H2,1-2H3,(H2,19,20). The molecule has 0 spiro atoms. The van der Waals surface area contributed by atoms with E-state index in [-0.39, 0.29) is 0 Å². The normalized spacial score (nSPS) is 15.2. The van der Waals surface area contributed by atoms with Crippen molar-refractivity contribution in [3.05, 3.63) is 35.3 Å². The fraction of sp³-hybridized carbons (Fsp3) is 0.444. The number of rotatable bonds is 6. The SMILES string of the molecule is COc1ccc(CCN=C(N)N2CCN(c3nccs3)CC2)cc1OC. The average Bonchev–Trinajstić information content (AvgIpc) is 3.22. The number of piperazine rings is 1. The van der Waals surface area contributed by atoms with Gasteiger partial charge >= 0.3 is 0 Å². The Morgan fingerprint density at radius 1 is 1.19 bits per heavy atom. The Morgan fingerprint density at radius 3 is 2.62 bits per heavy atom. The fourth-order valence-corrected chi connectivity index (χ4v) is 3.63. The number of nitrogens with zero attached hydrogens (tertiary/aromatic N) is 4. The third kappa shape index (κ3) is 4.37. The first kappa shape index (κ1) is 18.3. The Kier molecular flexibility index (Phi) is 6.17. The number of guanidine groups is 1. The van der Waals surface area contributed by atoms with Crippen molar-refractivity contribution in [3.8, 4) is 11.5 Å². The minimum absolute atomic E-state index is 0.615. The highest BCUT2D eigenvalue weighted by Gasteiger charge is 2.19. The predicted octanol–water partition coefficient (Wildman–Crippen LogP) is 1.84. The number of aliphatic imine (C=N–C) groups is 1. The van der Waals surface area contributed by atoms with Gasteiger partial charge < -0.3 is 25.0 Å². The van der Waals surface area contributed by atoms with Crippen LogP contribution in [0.15, 0.2) is 34.8 Å². The Labute approximate surface area is 158 Å². The van der Waals surface area contributed by atoms with Crippen LogP contribution in [-0.4, -0.2) is 62.8 Å². The maximum Gasteiger partial charge on any atom is 0.191 e. The maximum absolute atomic E-state index is 6.18. The smallest absolute Gasteiger partial charge is 0.191 e. The van der Waals surface area contributed by atoms with Gasteiger partial charge in [0.25, 0.3) is 0 Å². The number of benzene rings is 1. The van der Waals surface area contributed by atoms with Gasteiger partial charge in [-0.05, 0) is 24.1 Å². The molecule has 1 aliphatic rings. The quantitative estimate of drug-likeness (QED) is 0.613. The van der Waals surface area contributed by atoms with Crippen LogP contribution in [0.5, 0.6) is 11.5 Å². The molecule has 0 radical (unpaired) electrons. The van der Waals surface area contributed by atoms with Gasteiger partial charge in [0.2, 0.25) is 0 Å². The summed E-state index contributed by atoms with van der Waals surface area (Å²) in [6.45, 7) is 4.21. The van der Waals surface area contributed by atoms with Gasteiger partial charge in [0.15, 0.2) is 22.6 Å². The highest BCUT2D eigenvalue weighted by atomic mass is 32.1. The molecular weight excluding hydrogens is 350 g/mol. The first-order valence-electron chi connectivity index (χ1n) is 8.61. The summed E-state index contributed by atoms with van der Waals surface area (Å²) in [7, 11) is 3.28. The number of thiazole rings is 1. The summed E-state index contributed by atoms with van der Waals surface area (Å²) in [5.41, 5.74) is 7.32. The van der Waals surface area contributed by atoms with Crippen LogP contribution in [0.1, 0.15) is 5.56 Å². The first-order chi connectivity index (χ1) is 12.7. The fourth-order valence-electron chi connectivity index (χ4n) is 2.93. The van der Waals surface area contributed by atoms with Gasteiger partial charge in [0.1, 0.15) is 0 Å². The Morgan fingerprint density at radius 2 is 1.96 bits per heavy atom. The van der Waals surface area contributed by atoms with E-state index in [9.17, 15) is 0 Å². The van der Waals surface area contributed by atoms with Crippen molar-refractivity contribution in [3.63, 3.8) is 0 Å². The Balaban J connectivity index is 1.50. The minimum Gasteiger partial charge on any atom is -0.493 e. The molecule has 3 rings (SSSR count). The molecule has 0 atom stereocenters. The van der Waals surface area contributed by atoms with Crippen molar-refractivity contribution in [2.45, 2.75) is 6.42 Å². The molecule has 1 aromatic heterocycles. The second-order valence-corrected chi connectivity index (χ2v) is 6.84. The van der Waals surface area contributed by atoms with Gasteiger partial charge in [0, 0.05) is 44.3 Å². The van der Waals surface area contributed by atoms with E-state index in [0.717, 1.165) is 54.8 Å². The van der Waals surface area contributed by atoms with Crippen LogP contribution in [0.4, 0.5) is 5.13 Å². The van der Waals surface area contributed by atoms with Crippen molar-refractivity contribution >= 4 is 22.4 Å². The van der Waals surface area contributed by atoms with E-state index in [1.54, 1.807) is 25.6 Å². The lowest BCUT2D eigenvalue weighted by atomic mass is 10.1. The molecule has 0 amide bonds. The zero-order valence-electron chi connectivity index (χ0n) is 15.2. The largest absolute Gasteiger partial charge is 0.493 e. The molecule has 0 unspecified atom stereocenters. The lowest BCUT2D eigenvalue weighted by molar-refractivity contribution is 0.354. The second-order valence-electron chi connectivity index (χ2n) is 5.97. The van der Waals surface area contributed by atoms with Crippen LogP contribution in [0, 0.1) is 0 Å². The van der Waals surface area contributed by atoms with E-state index in [4.69, 9.17) is 15.2 Å². The van der Waals surface area contributed by atoms with Gasteiger partial charge in [0.05, 0.1) is 14.2 Å². The number of hydrogen-bond acceptors (Lipinski definition) is 6. The summed E-state index contributed by atoms with van der Waals surface area (Å²) < 4.78 is 10.6. The first-order valence-corrected chi connectivity index (χ1v) is 9.49. The van der Waals surface area contributed by atoms with Crippen molar-refractivity contribution < 1.29 is 9.47 Å². The van der Waals surface area contributed by atoms with Crippen molar-refractivity contribution in [2.24, 2.45) is 10.7 Å². The van der Waals surface area contributed by atoms with E-state index in [2.05, 4.69) is 19.8 Å². The van der Waals surface area contributed by atoms with Crippen LogP contribution in [0.25, 0.3) is 0 Å². The third-order valence-corrected chi connectivity index (χ3v) is 5.25. The van der Waals surface area contributed by atoms with Gasteiger partial charge in [-0.3, -0.25) is 4.99 Å². The molecule has 0 saturated carbocycles. The summed E-state index contributed by atoms with van der Waals surface area (Å²) in [5, 5.41) is 3.08. The maximum atomic E-state index is 6.18. The van der Waals surface area contributed by atoms with Gasteiger partial charge in [-0.25, -0.2) is 4.98 Å². The van der Waals surface area contributed by atoms with Crippen LogP contribution >= 0.6 is 11.3 Å². The molecule has 1 fully saturated rings. The number of anilines is 1. The lowest BCUT2D eigenvalue weighted by Gasteiger charge is -2.35. The molecule has 1 aliphatic heterocycles. The molecule has 8 heteroatoms. The zero-order chi connectivity index (χ0) is 18.4. The molecule has 2 aromatic rings. The number of hydrogen-bond donors (Lipinski definition) is 1. The molecule has 140 valence electrons. The van der Waals surface area contributed by atoms with E-state index < -0.39 is 0 Å². The number of methoxy groups -OCH3 is 2. The monoisotopic (exact) mass is 375 g/mol. The molecule has 2 N–H and O–H groups in total. The van der Waals surface area contributed by atoms with Crippen molar-refractivity contribution in [1.29, 1.82) is 0 Å². The summed E-state index contributed by atoms with van der Waals surface area (Å²) in [6.07, 6.45) is 2.65. The van der Waals surface area contributed by atoms with Crippen LogP contribution in [0.3, 0.4) is 0 Å². The van der Waals surface area contributed by atoms with Gasteiger partial charge in [-0.2, -0.15) is 0 Å². The molecule has 1 aromatic carbocycles. The molecule has 7 nitrogen and oxygen atoms in total. The summed E-state index contributed by atoms with van der Waals surface area (Å²) >= 11 is 1.67. The predicted molar refractivity (Wildman–Crippen MR) is 106 cm³/mol. The lowest BCUT2D eigenvalue weighted by Crippen LogP contribution is -2.51. The highest BCUT2D eigenvalue weighted by Crippen LogP contribution is 2.27. The third-order valence-electron chi connectivity index (χ3n) is 4.42. The summed E-state index contributed by atoms with van der Waals surface area (Å²) in [6, 6.07) is 5.93. The molecule has 26 heavy (non-hydrogen) atoms. The summed E-state index contributed by atoms with van der Waals surface area (Å²) in [5.74, 6) is 2.09. The molecular formula is C18H25N5O2S. The Bertz CT molecular complexity index is 727. The Hall–Kier alpha value is -2.48. The summed E-state index contributed by atoms with van der Waals surface area (Å²) in [4.78, 5) is 13.3. The van der Waals surface area contributed by atoms with Gasteiger partial charge in [-0.1, -0.05) is 6.07 Å². The van der Waals surface area contributed by atoms with E-state index in [1.807, 2.05) is 29.8 Å².